The van der Waals surface area contributed by atoms with Crippen LogP contribution in [0.5, 0.6) is 0 Å². The molecular formula is C12H16N2. The first-order valence-electron chi connectivity index (χ1n) is 5.12. The molecule has 0 amide bonds. The number of rotatable bonds is 2. The van der Waals surface area contributed by atoms with Gasteiger partial charge in [0, 0.05) is 12.2 Å². The maximum absolute atomic E-state index is 4.49. The SMILES string of the molecule is CC(C)C1CN(c2ccccc2)C=N1. The fourth-order valence-corrected chi connectivity index (χ4v) is 1.64. The van der Waals surface area contributed by atoms with E-state index in [9.17, 15) is 0 Å². The normalized spacial score (nSPS) is 20.8. The van der Waals surface area contributed by atoms with Gasteiger partial charge in [-0.2, -0.15) is 0 Å². The van der Waals surface area contributed by atoms with Crippen LogP contribution in [-0.2, 0) is 0 Å². The summed E-state index contributed by atoms with van der Waals surface area (Å²) in [5.41, 5.74) is 1.24. The summed E-state index contributed by atoms with van der Waals surface area (Å²) in [6.07, 6.45) is 1.96. The molecule has 1 atom stereocenters. The molecule has 1 aliphatic heterocycles. The van der Waals surface area contributed by atoms with Gasteiger partial charge in [0.2, 0.25) is 0 Å². The van der Waals surface area contributed by atoms with Crippen molar-refractivity contribution in [3.8, 4) is 0 Å². The van der Waals surface area contributed by atoms with Gasteiger partial charge in [0.25, 0.3) is 0 Å². The van der Waals surface area contributed by atoms with Gasteiger partial charge in [0.05, 0.1) is 12.4 Å². The van der Waals surface area contributed by atoms with Gasteiger partial charge in [0.1, 0.15) is 0 Å². The number of aliphatic imine (C=N–C) groups is 1. The molecule has 0 radical (unpaired) electrons. The highest BCUT2D eigenvalue weighted by molar-refractivity contribution is 5.81. The molecule has 0 saturated carbocycles. The molecule has 2 heteroatoms. The number of nitrogens with zero attached hydrogens (tertiary/aromatic N) is 2. The molecule has 1 aromatic rings. The van der Waals surface area contributed by atoms with Gasteiger partial charge in [-0.1, -0.05) is 32.0 Å². The third kappa shape index (κ3) is 1.79. The predicted molar refractivity (Wildman–Crippen MR) is 60.9 cm³/mol. The van der Waals surface area contributed by atoms with Crippen LogP contribution < -0.4 is 4.90 Å². The number of anilines is 1. The van der Waals surface area contributed by atoms with Gasteiger partial charge >= 0.3 is 0 Å². The molecule has 1 unspecified atom stereocenters. The van der Waals surface area contributed by atoms with Crippen molar-refractivity contribution in [1.82, 2.24) is 0 Å². The molecule has 1 heterocycles. The van der Waals surface area contributed by atoms with Gasteiger partial charge in [-0.25, -0.2) is 0 Å². The Kier molecular flexibility index (Phi) is 2.53. The van der Waals surface area contributed by atoms with Crippen LogP contribution in [0.25, 0.3) is 0 Å². The number of para-hydroxylation sites is 1. The minimum atomic E-state index is 0.454. The second kappa shape index (κ2) is 3.82. The molecule has 0 aromatic heterocycles. The summed E-state index contributed by atoms with van der Waals surface area (Å²) in [7, 11) is 0. The standard InChI is InChI=1S/C12H16N2/c1-10(2)12-8-14(9-13-12)11-6-4-3-5-7-11/h3-7,9-10,12H,8H2,1-2H3. The van der Waals surface area contributed by atoms with Crippen molar-refractivity contribution >= 4 is 12.0 Å². The van der Waals surface area contributed by atoms with Gasteiger partial charge < -0.3 is 4.90 Å². The molecule has 1 aliphatic rings. The van der Waals surface area contributed by atoms with Crippen LogP contribution in [0.4, 0.5) is 5.69 Å². The average Bonchev–Trinajstić information content (AvgIpc) is 2.68. The lowest BCUT2D eigenvalue weighted by Crippen LogP contribution is -2.25. The summed E-state index contributed by atoms with van der Waals surface area (Å²) in [5, 5.41) is 0. The van der Waals surface area contributed by atoms with Crippen LogP contribution in [0, 0.1) is 5.92 Å². The minimum Gasteiger partial charge on any atom is -0.331 e. The zero-order valence-electron chi connectivity index (χ0n) is 8.72. The maximum atomic E-state index is 4.49. The van der Waals surface area contributed by atoms with Crippen molar-refractivity contribution < 1.29 is 0 Å². The van der Waals surface area contributed by atoms with Crippen molar-refractivity contribution in [3.05, 3.63) is 30.3 Å². The fraction of sp³-hybridized carbons (Fsp3) is 0.417. The van der Waals surface area contributed by atoms with Gasteiger partial charge in [-0.05, 0) is 18.1 Å². The van der Waals surface area contributed by atoms with Crippen molar-refractivity contribution in [2.45, 2.75) is 19.9 Å². The Morgan fingerprint density at radius 3 is 2.57 bits per heavy atom. The highest BCUT2D eigenvalue weighted by Crippen LogP contribution is 2.19. The van der Waals surface area contributed by atoms with Crippen molar-refractivity contribution in [3.63, 3.8) is 0 Å². The first kappa shape index (κ1) is 9.25. The van der Waals surface area contributed by atoms with Crippen molar-refractivity contribution in [1.29, 1.82) is 0 Å². The van der Waals surface area contributed by atoms with Crippen molar-refractivity contribution in [2.24, 2.45) is 10.9 Å². The monoisotopic (exact) mass is 188 g/mol. The Morgan fingerprint density at radius 2 is 2.00 bits per heavy atom. The van der Waals surface area contributed by atoms with Crippen LogP contribution in [0.3, 0.4) is 0 Å². The Bertz CT molecular complexity index is 316. The highest BCUT2D eigenvalue weighted by atomic mass is 15.2. The van der Waals surface area contributed by atoms with Crippen LogP contribution in [0.2, 0.25) is 0 Å². The Labute approximate surface area is 85.3 Å². The largest absolute Gasteiger partial charge is 0.331 e. The van der Waals surface area contributed by atoms with Crippen LogP contribution in [-0.4, -0.2) is 18.9 Å². The second-order valence-corrected chi connectivity index (χ2v) is 4.06. The Hall–Kier alpha value is -1.31. The molecule has 1 aromatic carbocycles. The molecule has 0 fully saturated rings. The first-order chi connectivity index (χ1) is 6.77. The average molecular weight is 188 g/mol. The zero-order valence-corrected chi connectivity index (χ0v) is 8.72. The molecule has 0 N–H and O–H groups in total. The number of hydrogen-bond donors (Lipinski definition) is 0. The van der Waals surface area contributed by atoms with E-state index in [-0.39, 0.29) is 0 Å². The molecule has 0 spiro atoms. The van der Waals surface area contributed by atoms with Crippen molar-refractivity contribution in [2.75, 3.05) is 11.4 Å². The first-order valence-corrected chi connectivity index (χ1v) is 5.12. The molecule has 0 aliphatic carbocycles. The van der Waals surface area contributed by atoms with Crippen LogP contribution in [0.15, 0.2) is 35.3 Å². The highest BCUT2D eigenvalue weighted by Gasteiger charge is 2.20. The lowest BCUT2D eigenvalue weighted by Gasteiger charge is -2.17. The quantitative estimate of drug-likeness (QED) is 0.696. The van der Waals surface area contributed by atoms with E-state index >= 15 is 0 Å². The number of hydrogen-bond acceptors (Lipinski definition) is 2. The van der Waals surface area contributed by atoms with E-state index in [0.717, 1.165) is 6.54 Å². The maximum Gasteiger partial charge on any atom is 0.0899 e. The van der Waals surface area contributed by atoms with E-state index < -0.39 is 0 Å². The second-order valence-electron chi connectivity index (χ2n) is 4.06. The summed E-state index contributed by atoms with van der Waals surface area (Å²) in [4.78, 5) is 6.71. The van der Waals surface area contributed by atoms with Gasteiger partial charge in [0.15, 0.2) is 0 Å². The summed E-state index contributed by atoms with van der Waals surface area (Å²) in [6.45, 7) is 5.45. The lowest BCUT2D eigenvalue weighted by atomic mass is 10.1. The molecule has 0 bridgehead atoms. The van der Waals surface area contributed by atoms with E-state index in [1.165, 1.54) is 5.69 Å². The van der Waals surface area contributed by atoms with Crippen LogP contribution >= 0.6 is 0 Å². The zero-order chi connectivity index (χ0) is 9.97. The third-order valence-corrected chi connectivity index (χ3v) is 2.64. The molecule has 2 rings (SSSR count). The van der Waals surface area contributed by atoms with Crippen LogP contribution in [0.1, 0.15) is 13.8 Å². The molecule has 14 heavy (non-hydrogen) atoms. The molecule has 74 valence electrons. The van der Waals surface area contributed by atoms with Gasteiger partial charge in [-0.3, -0.25) is 4.99 Å². The summed E-state index contributed by atoms with van der Waals surface area (Å²) in [5.74, 6) is 0.625. The van der Waals surface area contributed by atoms with E-state index in [1.54, 1.807) is 0 Å². The van der Waals surface area contributed by atoms with E-state index in [0.29, 0.717) is 12.0 Å². The van der Waals surface area contributed by atoms with E-state index in [1.807, 2.05) is 12.4 Å². The lowest BCUT2D eigenvalue weighted by molar-refractivity contribution is 0.521. The Balaban J connectivity index is 2.08. The molecular weight excluding hydrogens is 172 g/mol. The summed E-state index contributed by atoms with van der Waals surface area (Å²) in [6, 6.07) is 10.9. The number of benzene rings is 1. The van der Waals surface area contributed by atoms with Gasteiger partial charge in [-0.15, -0.1) is 0 Å². The third-order valence-electron chi connectivity index (χ3n) is 2.64. The smallest absolute Gasteiger partial charge is 0.0899 e. The summed E-state index contributed by atoms with van der Waals surface area (Å²) >= 11 is 0. The Morgan fingerprint density at radius 1 is 1.29 bits per heavy atom. The predicted octanol–water partition coefficient (Wildman–Crippen LogP) is 2.56. The van der Waals surface area contributed by atoms with E-state index in [4.69, 9.17) is 0 Å². The summed E-state index contributed by atoms with van der Waals surface area (Å²) < 4.78 is 0. The molecule has 2 nitrogen and oxygen atoms in total. The fourth-order valence-electron chi connectivity index (χ4n) is 1.64. The van der Waals surface area contributed by atoms with E-state index in [2.05, 4.69) is 48.0 Å². The molecule has 0 saturated heterocycles. The minimum absolute atomic E-state index is 0.454. The topological polar surface area (TPSA) is 15.6 Å².